The second-order valence-electron chi connectivity index (χ2n) is 4.31. The lowest BCUT2D eigenvalue weighted by Gasteiger charge is -2.09. The van der Waals surface area contributed by atoms with Crippen molar-refractivity contribution in [3.8, 4) is 5.75 Å². The number of benzene rings is 1. The third-order valence-electron chi connectivity index (χ3n) is 2.64. The largest absolute Gasteiger partial charge is 0.491 e. The van der Waals surface area contributed by atoms with Crippen molar-refractivity contribution in [3.63, 3.8) is 0 Å². The van der Waals surface area contributed by atoms with Crippen LogP contribution in [0.5, 0.6) is 5.75 Å². The van der Waals surface area contributed by atoms with E-state index in [2.05, 4.69) is 22.9 Å². The van der Waals surface area contributed by atoms with Crippen molar-refractivity contribution in [2.24, 2.45) is 12.8 Å². The molecular weight excluding hydrogens is 200 g/mol. The Balaban J connectivity index is 2.49. The fourth-order valence-electron chi connectivity index (χ4n) is 1.96. The average molecular weight is 218 g/mol. The summed E-state index contributed by atoms with van der Waals surface area (Å²) in [5, 5.41) is 1.21. The van der Waals surface area contributed by atoms with Gasteiger partial charge in [-0.3, -0.25) is 0 Å². The maximum atomic E-state index is 5.70. The maximum Gasteiger partial charge on any atom is 0.121 e. The van der Waals surface area contributed by atoms with E-state index < -0.39 is 0 Å². The highest BCUT2D eigenvalue weighted by Crippen LogP contribution is 2.25. The Morgan fingerprint density at radius 3 is 2.75 bits per heavy atom. The minimum absolute atomic E-state index is 0.201. The molecule has 0 saturated carbocycles. The van der Waals surface area contributed by atoms with Gasteiger partial charge in [0.05, 0.1) is 11.6 Å². The van der Waals surface area contributed by atoms with Gasteiger partial charge in [0.2, 0.25) is 0 Å². The van der Waals surface area contributed by atoms with Crippen LogP contribution in [0.25, 0.3) is 10.9 Å². The van der Waals surface area contributed by atoms with E-state index in [4.69, 9.17) is 10.5 Å². The summed E-state index contributed by atoms with van der Waals surface area (Å²) >= 11 is 0. The van der Waals surface area contributed by atoms with Crippen molar-refractivity contribution in [1.82, 2.24) is 4.57 Å². The van der Waals surface area contributed by atoms with E-state index in [1.807, 2.05) is 27.0 Å². The number of aromatic nitrogens is 1. The van der Waals surface area contributed by atoms with Gasteiger partial charge in [-0.1, -0.05) is 0 Å². The van der Waals surface area contributed by atoms with Crippen molar-refractivity contribution in [2.75, 3.05) is 0 Å². The molecule has 1 aromatic heterocycles. The SMILES string of the molecule is CC(C)Oc1ccc2c(CN)cn(C)c2c1. The highest BCUT2D eigenvalue weighted by atomic mass is 16.5. The zero-order chi connectivity index (χ0) is 11.7. The lowest BCUT2D eigenvalue weighted by atomic mass is 10.2. The zero-order valence-corrected chi connectivity index (χ0v) is 10.0. The predicted molar refractivity (Wildman–Crippen MR) is 66.6 cm³/mol. The van der Waals surface area contributed by atoms with Crippen LogP contribution in [0.3, 0.4) is 0 Å². The molecule has 0 saturated heterocycles. The molecule has 16 heavy (non-hydrogen) atoms. The molecule has 0 unspecified atom stereocenters. The third-order valence-corrected chi connectivity index (χ3v) is 2.64. The Morgan fingerprint density at radius 1 is 1.38 bits per heavy atom. The van der Waals surface area contributed by atoms with E-state index in [1.165, 1.54) is 16.5 Å². The van der Waals surface area contributed by atoms with Crippen LogP contribution in [0.2, 0.25) is 0 Å². The molecule has 0 spiro atoms. The minimum Gasteiger partial charge on any atom is -0.491 e. The molecule has 0 radical (unpaired) electrons. The first-order valence-electron chi connectivity index (χ1n) is 5.56. The number of aryl methyl sites for hydroxylation is 1. The first-order valence-corrected chi connectivity index (χ1v) is 5.56. The minimum atomic E-state index is 0.201. The van der Waals surface area contributed by atoms with Gasteiger partial charge in [0.25, 0.3) is 0 Å². The topological polar surface area (TPSA) is 40.2 Å². The Morgan fingerprint density at radius 2 is 2.12 bits per heavy atom. The molecule has 0 aliphatic rings. The summed E-state index contributed by atoms with van der Waals surface area (Å²) < 4.78 is 7.76. The molecular formula is C13H18N2O. The molecule has 1 aromatic carbocycles. The highest BCUT2D eigenvalue weighted by molar-refractivity contribution is 5.85. The highest BCUT2D eigenvalue weighted by Gasteiger charge is 2.07. The van der Waals surface area contributed by atoms with Gasteiger partial charge in [-0.15, -0.1) is 0 Å². The van der Waals surface area contributed by atoms with E-state index in [-0.39, 0.29) is 6.10 Å². The van der Waals surface area contributed by atoms with Crippen LogP contribution < -0.4 is 10.5 Å². The number of nitrogens with two attached hydrogens (primary N) is 1. The summed E-state index contributed by atoms with van der Waals surface area (Å²) in [7, 11) is 2.03. The average Bonchev–Trinajstić information content (AvgIpc) is 2.55. The van der Waals surface area contributed by atoms with Crippen LogP contribution >= 0.6 is 0 Å². The van der Waals surface area contributed by atoms with E-state index in [9.17, 15) is 0 Å². The fourth-order valence-corrected chi connectivity index (χ4v) is 1.96. The van der Waals surface area contributed by atoms with E-state index in [0.717, 1.165) is 5.75 Å². The number of nitrogens with zero attached hydrogens (tertiary/aromatic N) is 1. The molecule has 0 aliphatic carbocycles. The third kappa shape index (κ3) is 1.91. The van der Waals surface area contributed by atoms with Crippen LogP contribution in [0.15, 0.2) is 24.4 Å². The molecule has 3 heteroatoms. The number of hydrogen-bond donors (Lipinski definition) is 1. The summed E-state index contributed by atoms with van der Waals surface area (Å²) in [6, 6.07) is 6.14. The Bertz CT molecular complexity index is 500. The molecule has 0 aliphatic heterocycles. The smallest absolute Gasteiger partial charge is 0.121 e. The summed E-state index contributed by atoms with van der Waals surface area (Å²) in [6.07, 6.45) is 2.27. The van der Waals surface area contributed by atoms with Gasteiger partial charge in [0, 0.05) is 31.2 Å². The van der Waals surface area contributed by atoms with Gasteiger partial charge in [-0.25, -0.2) is 0 Å². The molecule has 0 bridgehead atoms. The van der Waals surface area contributed by atoms with Gasteiger partial charge in [0.1, 0.15) is 5.75 Å². The molecule has 1 heterocycles. The number of rotatable bonds is 3. The van der Waals surface area contributed by atoms with Crippen molar-refractivity contribution < 1.29 is 4.74 Å². The van der Waals surface area contributed by atoms with E-state index in [1.54, 1.807) is 0 Å². The summed E-state index contributed by atoms with van der Waals surface area (Å²) in [4.78, 5) is 0. The van der Waals surface area contributed by atoms with Crippen molar-refractivity contribution in [2.45, 2.75) is 26.5 Å². The second-order valence-corrected chi connectivity index (χ2v) is 4.31. The number of ether oxygens (including phenoxy) is 1. The van der Waals surface area contributed by atoms with Gasteiger partial charge in [-0.2, -0.15) is 0 Å². The van der Waals surface area contributed by atoms with Crippen LogP contribution in [0.4, 0.5) is 0 Å². The molecule has 0 fully saturated rings. The molecule has 2 N–H and O–H groups in total. The first kappa shape index (κ1) is 11.0. The van der Waals surface area contributed by atoms with E-state index in [0.29, 0.717) is 6.54 Å². The lowest BCUT2D eigenvalue weighted by molar-refractivity contribution is 0.242. The fraction of sp³-hybridized carbons (Fsp3) is 0.385. The lowest BCUT2D eigenvalue weighted by Crippen LogP contribution is -2.05. The molecule has 2 rings (SSSR count). The number of fused-ring (bicyclic) bond motifs is 1. The summed E-state index contributed by atoms with van der Waals surface area (Å²) in [6.45, 7) is 4.63. The van der Waals surface area contributed by atoms with Gasteiger partial charge >= 0.3 is 0 Å². The Hall–Kier alpha value is -1.48. The van der Waals surface area contributed by atoms with Crippen LogP contribution in [0.1, 0.15) is 19.4 Å². The van der Waals surface area contributed by atoms with Crippen LogP contribution in [0, 0.1) is 0 Å². The summed E-state index contributed by atoms with van der Waals surface area (Å²) in [5.41, 5.74) is 8.04. The van der Waals surface area contributed by atoms with E-state index >= 15 is 0 Å². The van der Waals surface area contributed by atoms with Crippen molar-refractivity contribution in [3.05, 3.63) is 30.0 Å². The molecule has 0 amide bonds. The van der Waals surface area contributed by atoms with Gasteiger partial charge in [-0.05, 0) is 31.5 Å². The predicted octanol–water partition coefficient (Wildman–Crippen LogP) is 2.42. The first-order chi connectivity index (χ1) is 7.61. The van der Waals surface area contributed by atoms with Crippen LogP contribution in [-0.2, 0) is 13.6 Å². The monoisotopic (exact) mass is 218 g/mol. The molecule has 0 atom stereocenters. The van der Waals surface area contributed by atoms with Gasteiger partial charge in [0.15, 0.2) is 0 Å². The number of hydrogen-bond acceptors (Lipinski definition) is 2. The van der Waals surface area contributed by atoms with Crippen LogP contribution in [-0.4, -0.2) is 10.7 Å². The standard InChI is InChI=1S/C13H18N2O/c1-9(2)16-11-4-5-12-10(7-14)8-15(3)13(12)6-11/h4-6,8-9H,7,14H2,1-3H3. The Labute approximate surface area is 95.8 Å². The van der Waals surface area contributed by atoms with Crippen molar-refractivity contribution in [1.29, 1.82) is 0 Å². The maximum absolute atomic E-state index is 5.70. The summed E-state index contributed by atoms with van der Waals surface area (Å²) in [5.74, 6) is 0.910. The van der Waals surface area contributed by atoms with Crippen molar-refractivity contribution >= 4 is 10.9 Å². The molecule has 2 aromatic rings. The Kier molecular flexibility index (Phi) is 2.88. The zero-order valence-electron chi connectivity index (χ0n) is 10.0. The van der Waals surface area contributed by atoms with Gasteiger partial charge < -0.3 is 15.0 Å². The second kappa shape index (κ2) is 4.18. The quantitative estimate of drug-likeness (QED) is 0.859. The normalized spacial score (nSPS) is 11.3. The molecule has 3 nitrogen and oxygen atoms in total. The molecule has 86 valence electrons.